The number of rotatable bonds is 7. The first kappa shape index (κ1) is 21.5. The SMILES string of the molecule is COc1cc(/C=C(/NC(C)=O)C(=O)O)cc(I)c1OCc1ccc(I)cc1. The van der Waals surface area contributed by atoms with Crippen LogP contribution in [0.3, 0.4) is 0 Å². The maximum absolute atomic E-state index is 11.3. The standard InChI is InChI=1S/C19H17I2NO5/c1-11(23)22-16(19(24)25)8-13-7-15(21)18(17(9-13)26-2)27-10-12-3-5-14(20)6-4-12/h3-9H,10H2,1-2H3,(H,22,23)(H,24,25)/b16-8+. The molecule has 0 saturated heterocycles. The number of methoxy groups -OCH3 is 1. The van der Waals surface area contributed by atoms with E-state index in [1.807, 2.05) is 24.3 Å². The molecule has 8 heteroatoms. The Balaban J connectivity index is 2.29. The van der Waals surface area contributed by atoms with Gasteiger partial charge in [0.1, 0.15) is 12.3 Å². The molecule has 0 saturated carbocycles. The molecule has 0 unspecified atom stereocenters. The second kappa shape index (κ2) is 9.93. The van der Waals surface area contributed by atoms with E-state index in [0.29, 0.717) is 23.7 Å². The topological polar surface area (TPSA) is 84.9 Å². The molecule has 2 aromatic carbocycles. The van der Waals surface area contributed by atoms with E-state index in [2.05, 4.69) is 50.5 Å². The Hall–Kier alpha value is -1.82. The number of amides is 1. The second-order valence-corrected chi connectivity index (χ2v) is 7.90. The van der Waals surface area contributed by atoms with E-state index < -0.39 is 11.9 Å². The highest BCUT2D eigenvalue weighted by atomic mass is 127. The third-order valence-corrected chi connectivity index (χ3v) is 4.92. The van der Waals surface area contributed by atoms with Gasteiger partial charge in [0.2, 0.25) is 5.91 Å². The van der Waals surface area contributed by atoms with Gasteiger partial charge in [-0.15, -0.1) is 0 Å². The molecule has 0 spiro atoms. The van der Waals surface area contributed by atoms with Gasteiger partial charge >= 0.3 is 5.97 Å². The third kappa shape index (κ3) is 6.38. The van der Waals surface area contributed by atoms with Crippen molar-refractivity contribution < 1.29 is 24.2 Å². The van der Waals surface area contributed by atoms with Crippen LogP contribution in [0.25, 0.3) is 6.08 Å². The van der Waals surface area contributed by atoms with Crippen LogP contribution >= 0.6 is 45.2 Å². The van der Waals surface area contributed by atoms with Crippen LogP contribution in [0, 0.1) is 7.14 Å². The van der Waals surface area contributed by atoms with Crippen LogP contribution < -0.4 is 14.8 Å². The van der Waals surface area contributed by atoms with Crippen molar-refractivity contribution in [3.8, 4) is 11.5 Å². The van der Waals surface area contributed by atoms with E-state index in [1.165, 1.54) is 20.1 Å². The number of nitrogens with one attached hydrogen (secondary N) is 1. The number of ether oxygens (including phenoxy) is 2. The predicted molar refractivity (Wildman–Crippen MR) is 119 cm³/mol. The molecule has 0 aliphatic carbocycles. The number of carbonyl (C=O) groups excluding carboxylic acids is 1. The Bertz CT molecular complexity index is 878. The zero-order chi connectivity index (χ0) is 20.0. The molecular formula is C19H17I2NO5. The molecule has 0 aromatic heterocycles. The number of aliphatic carboxylic acids is 1. The molecule has 2 rings (SSSR count). The Morgan fingerprint density at radius 1 is 1.19 bits per heavy atom. The van der Waals surface area contributed by atoms with Gasteiger partial charge in [-0.3, -0.25) is 4.79 Å². The van der Waals surface area contributed by atoms with Crippen LogP contribution in [-0.2, 0) is 16.2 Å². The molecule has 27 heavy (non-hydrogen) atoms. The van der Waals surface area contributed by atoms with Crippen molar-refractivity contribution in [1.82, 2.24) is 5.32 Å². The van der Waals surface area contributed by atoms with Crippen molar-refractivity contribution in [2.24, 2.45) is 0 Å². The summed E-state index contributed by atoms with van der Waals surface area (Å²) in [7, 11) is 1.52. The van der Waals surface area contributed by atoms with Crippen LogP contribution in [0.5, 0.6) is 11.5 Å². The van der Waals surface area contributed by atoms with Crippen LogP contribution in [-0.4, -0.2) is 24.1 Å². The lowest BCUT2D eigenvalue weighted by Gasteiger charge is -2.14. The minimum Gasteiger partial charge on any atom is -0.493 e. The molecule has 0 aliphatic rings. The van der Waals surface area contributed by atoms with Gasteiger partial charge in [-0.1, -0.05) is 12.1 Å². The number of hydrogen-bond donors (Lipinski definition) is 2. The lowest BCUT2D eigenvalue weighted by atomic mass is 10.1. The molecule has 142 valence electrons. The Kier molecular flexibility index (Phi) is 7.90. The summed E-state index contributed by atoms with van der Waals surface area (Å²) in [6.45, 7) is 1.63. The van der Waals surface area contributed by atoms with Crippen molar-refractivity contribution in [3.05, 3.63) is 60.4 Å². The molecule has 0 fully saturated rings. The molecule has 2 N–H and O–H groups in total. The van der Waals surface area contributed by atoms with Gasteiger partial charge in [-0.2, -0.15) is 0 Å². The average Bonchev–Trinajstić information content (AvgIpc) is 2.60. The smallest absolute Gasteiger partial charge is 0.352 e. The first-order chi connectivity index (χ1) is 12.8. The number of carboxylic acid groups (broad SMARTS) is 1. The lowest BCUT2D eigenvalue weighted by molar-refractivity contribution is -0.134. The van der Waals surface area contributed by atoms with E-state index in [1.54, 1.807) is 12.1 Å². The minimum atomic E-state index is -1.22. The zero-order valence-corrected chi connectivity index (χ0v) is 18.9. The summed E-state index contributed by atoms with van der Waals surface area (Å²) >= 11 is 4.34. The van der Waals surface area contributed by atoms with Gasteiger partial charge in [0.25, 0.3) is 0 Å². The number of benzene rings is 2. The molecule has 0 radical (unpaired) electrons. The van der Waals surface area contributed by atoms with E-state index in [0.717, 1.165) is 12.7 Å². The van der Waals surface area contributed by atoms with Crippen molar-refractivity contribution >= 4 is 63.1 Å². The van der Waals surface area contributed by atoms with E-state index in [-0.39, 0.29) is 5.70 Å². The van der Waals surface area contributed by atoms with Crippen molar-refractivity contribution in [1.29, 1.82) is 0 Å². The number of halogens is 2. The Morgan fingerprint density at radius 3 is 2.41 bits per heavy atom. The van der Waals surface area contributed by atoms with Gasteiger partial charge in [-0.05, 0) is 86.7 Å². The third-order valence-electron chi connectivity index (χ3n) is 3.40. The van der Waals surface area contributed by atoms with E-state index in [4.69, 9.17) is 9.47 Å². The highest BCUT2D eigenvalue weighted by Crippen LogP contribution is 2.35. The number of carbonyl (C=O) groups is 2. The fourth-order valence-corrected chi connectivity index (χ4v) is 3.35. The molecule has 6 nitrogen and oxygen atoms in total. The van der Waals surface area contributed by atoms with E-state index in [9.17, 15) is 14.7 Å². The largest absolute Gasteiger partial charge is 0.493 e. The van der Waals surface area contributed by atoms with Crippen molar-refractivity contribution in [2.45, 2.75) is 13.5 Å². The van der Waals surface area contributed by atoms with Crippen LogP contribution in [0.2, 0.25) is 0 Å². The molecular weight excluding hydrogens is 576 g/mol. The first-order valence-electron chi connectivity index (χ1n) is 7.77. The molecule has 2 aromatic rings. The van der Waals surface area contributed by atoms with Gasteiger partial charge in [-0.25, -0.2) is 4.79 Å². The summed E-state index contributed by atoms with van der Waals surface area (Å²) in [4.78, 5) is 22.5. The van der Waals surface area contributed by atoms with Crippen LogP contribution in [0.1, 0.15) is 18.1 Å². The van der Waals surface area contributed by atoms with Crippen molar-refractivity contribution in [3.63, 3.8) is 0 Å². The average molecular weight is 593 g/mol. The van der Waals surface area contributed by atoms with Crippen LogP contribution in [0.15, 0.2) is 42.1 Å². The molecule has 0 heterocycles. The van der Waals surface area contributed by atoms with E-state index >= 15 is 0 Å². The molecule has 1 amide bonds. The normalized spacial score (nSPS) is 11.0. The maximum atomic E-state index is 11.3. The summed E-state index contributed by atoms with van der Waals surface area (Å²) in [6, 6.07) is 11.4. The summed E-state index contributed by atoms with van der Waals surface area (Å²) in [6.07, 6.45) is 1.37. The molecule has 0 atom stereocenters. The van der Waals surface area contributed by atoms with Gasteiger partial charge in [0.05, 0.1) is 10.7 Å². The summed E-state index contributed by atoms with van der Waals surface area (Å²) in [5.74, 6) is -0.627. The lowest BCUT2D eigenvalue weighted by Crippen LogP contribution is -2.24. The van der Waals surface area contributed by atoms with Crippen LogP contribution in [0.4, 0.5) is 0 Å². The summed E-state index contributed by atoms with van der Waals surface area (Å²) in [5.41, 5.74) is 1.38. The predicted octanol–water partition coefficient (Wildman–Crippen LogP) is 4.05. The fraction of sp³-hybridized carbons (Fsp3) is 0.158. The minimum absolute atomic E-state index is 0.215. The van der Waals surface area contributed by atoms with Gasteiger partial charge in [0.15, 0.2) is 11.5 Å². The maximum Gasteiger partial charge on any atom is 0.352 e. The quantitative estimate of drug-likeness (QED) is 0.374. The first-order valence-corrected chi connectivity index (χ1v) is 9.93. The molecule has 0 aliphatic heterocycles. The molecule has 0 bridgehead atoms. The monoisotopic (exact) mass is 593 g/mol. The summed E-state index contributed by atoms with van der Waals surface area (Å²) in [5, 5.41) is 11.5. The summed E-state index contributed by atoms with van der Waals surface area (Å²) < 4.78 is 13.2. The Labute approximate surface area is 184 Å². The van der Waals surface area contributed by atoms with Gasteiger partial charge < -0.3 is 19.9 Å². The van der Waals surface area contributed by atoms with Crippen molar-refractivity contribution in [2.75, 3.05) is 7.11 Å². The zero-order valence-electron chi connectivity index (χ0n) is 14.6. The Morgan fingerprint density at radius 2 is 1.85 bits per heavy atom. The highest BCUT2D eigenvalue weighted by molar-refractivity contribution is 14.1. The van der Waals surface area contributed by atoms with Gasteiger partial charge in [0, 0.05) is 10.5 Å². The number of hydrogen-bond acceptors (Lipinski definition) is 4. The fourth-order valence-electron chi connectivity index (χ4n) is 2.21. The number of carboxylic acids is 1. The second-order valence-electron chi connectivity index (χ2n) is 5.49. The highest BCUT2D eigenvalue weighted by Gasteiger charge is 2.14.